The lowest BCUT2D eigenvalue weighted by atomic mass is 10.2. The summed E-state index contributed by atoms with van der Waals surface area (Å²) in [5, 5.41) is 3.81. The smallest absolute Gasteiger partial charge is 0.414 e. The molecular weight excluding hydrogens is 318 g/mol. The highest BCUT2D eigenvalue weighted by molar-refractivity contribution is 6.07. The van der Waals surface area contributed by atoms with E-state index in [0.717, 1.165) is 10.9 Å². The number of aromatic nitrogens is 1. The summed E-state index contributed by atoms with van der Waals surface area (Å²) in [4.78, 5) is 30.3. The Morgan fingerprint density at radius 3 is 2.68 bits per heavy atom. The summed E-state index contributed by atoms with van der Waals surface area (Å²) in [6, 6.07) is 18.3. The first-order valence-corrected chi connectivity index (χ1v) is 7.93. The van der Waals surface area contributed by atoms with E-state index in [0.29, 0.717) is 30.2 Å². The van der Waals surface area contributed by atoms with Gasteiger partial charge in [-0.2, -0.15) is 0 Å². The van der Waals surface area contributed by atoms with Gasteiger partial charge in [-0.25, -0.2) is 9.78 Å². The number of anilines is 2. The predicted molar refractivity (Wildman–Crippen MR) is 94.8 cm³/mol. The lowest BCUT2D eigenvalue weighted by Gasteiger charge is -2.17. The number of para-hydroxylation sites is 3. The van der Waals surface area contributed by atoms with Gasteiger partial charge in [-0.1, -0.05) is 36.4 Å². The average Bonchev–Trinajstić information content (AvgIpc) is 3.07. The Bertz CT molecular complexity index is 971. The molecule has 1 saturated heterocycles. The summed E-state index contributed by atoms with van der Waals surface area (Å²) in [5.41, 5.74) is 2.23. The van der Waals surface area contributed by atoms with Crippen LogP contribution in [0, 0.1) is 0 Å². The van der Waals surface area contributed by atoms with Crippen LogP contribution in [-0.2, 0) is 4.74 Å². The van der Waals surface area contributed by atoms with Crippen LogP contribution < -0.4 is 10.2 Å². The zero-order valence-corrected chi connectivity index (χ0v) is 13.3. The number of nitrogens with one attached hydrogen (secondary N) is 1. The minimum Gasteiger partial charge on any atom is -0.447 e. The SMILES string of the molecule is O=C(Nc1ccccc1N1CCOC1=O)c1ccc2ccccc2n1. The fourth-order valence-electron chi connectivity index (χ4n) is 2.81. The van der Waals surface area contributed by atoms with Crippen molar-refractivity contribution >= 4 is 34.3 Å². The highest BCUT2D eigenvalue weighted by atomic mass is 16.6. The third-order valence-electron chi connectivity index (χ3n) is 4.03. The van der Waals surface area contributed by atoms with Crippen molar-refractivity contribution in [1.82, 2.24) is 4.98 Å². The molecule has 1 N–H and O–H groups in total. The fourth-order valence-corrected chi connectivity index (χ4v) is 2.81. The number of fused-ring (bicyclic) bond motifs is 1. The molecule has 1 aliphatic heterocycles. The maximum atomic E-state index is 12.6. The van der Waals surface area contributed by atoms with E-state index in [-0.39, 0.29) is 5.91 Å². The van der Waals surface area contributed by atoms with Gasteiger partial charge in [0.25, 0.3) is 5.91 Å². The molecule has 1 aromatic heterocycles. The molecule has 0 bridgehead atoms. The molecule has 124 valence electrons. The summed E-state index contributed by atoms with van der Waals surface area (Å²) in [6.07, 6.45) is -0.412. The van der Waals surface area contributed by atoms with E-state index in [1.165, 1.54) is 4.90 Å². The number of hydrogen-bond donors (Lipinski definition) is 1. The van der Waals surface area contributed by atoms with Crippen molar-refractivity contribution in [2.45, 2.75) is 0 Å². The summed E-state index contributed by atoms with van der Waals surface area (Å²) in [6.45, 7) is 0.799. The normalized spacial score (nSPS) is 13.8. The molecule has 0 spiro atoms. The van der Waals surface area contributed by atoms with Crippen LogP contribution in [0.4, 0.5) is 16.2 Å². The van der Waals surface area contributed by atoms with Crippen molar-refractivity contribution in [1.29, 1.82) is 0 Å². The second-order valence-corrected chi connectivity index (χ2v) is 5.63. The van der Waals surface area contributed by atoms with Crippen LogP contribution in [0.1, 0.15) is 10.5 Å². The van der Waals surface area contributed by atoms with Gasteiger partial charge in [-0.15, -0.1) is 0 Å². The standard InChI is InChI=1S/C19H15N3O3/c23-18(16-10-9-13-5-1-2-6-14(13)20-16)21-15-7-3-4-8-17(15)22-11-12-25-19(22)24/h1-10H,11-12H2,(H,21,23). The van der Waals surface area contributed by atoms with Crippen molar-refractivity contribution in [3.05, 3.63) is 66.4 Å². The number of carbonyl (C=O) groups excluding carboxylic acids is 2. The second-order valence-electron chi connectivity index (χ2n) is 5.63. The van der Waals surface area contributed by atoms with Gasteiger partial charge in [0.05, 0.1) is 23.4 Å². The Balaban J connectivity index is 1.63. The molecule has 3 aromatic rings. The first-order valence-electron chi connectivity index (χ1n) is 7.93. The lowest BCUT2D eigenvalue weighted by molar-refractivity contribution is 0.102. The summed E-state index contributed by atoms with van der Waals surface area (Å²) in [5.74, 6) is -0.328. The van der Waals surface area contributed by atoms with Gasteiger partial charge in [0.2, 0.25) is 0 Å². The van der Waals surface area contributed by atoms with Crippen molar-refractivity contribution < 1.29 is 14.3 Å². The number of amides is 2. The first kappa shape index (κ1) is 15.1. The number of rotatable bonds is 3. The Kier molecular flexibility index (Phi) is 3.78. The number of carbonyl (C=O) groups is 2. The maximum Gasteiger partial charge on any atom is 0.414 e. The predicted octanol–water partition coefficient (Wildman–Crippen LogP) is 3.44. The van der Waals surface area contributed by atoms with Crippen molar-refractivity contribution in [2.24, 2.45) is 0 Å². The highest BCUT2D eigenvalue weighted by Crippen LogP contribution is 2.28. The maximum absolute atomic E-state index is 12.6. The number of cyclic esters (lactones) is 1. The Hall–Kier alpha value is -3.41. The molecule has 6 heteroatoms. The molecular formula is C19H15N3O3. The van der Waals surface area contributed by atoms with Crippen molar-refractivity contribution in [3.63, 3.8) is 0 Å². The largest absolute Gasteiger partial charge is 0.447 e. The summed E-state index contributed by atoms with van der Waals surface area (Å²) in [7, 11) is 0. The van der Waals surface area contributed by atoms with Crippen LogP contribution in [0.2, 0.25) is 0 Å². The van der Waals surface area contributed by atoms with Gasteiger partial charge in [-0.05, 0) is 24.3 Å². The van der Waals surface area contributed by atoms with E-state index in [9.17, 15) is 9.59 Å². The number of hydrogen-bond acceptors (Lipinski definition) is 4. The minimum absolute atomic E-state index is 0.317. The van der Waals surface area contributed by atoms with Crippen molar-refractivity contribution in [2.75, 3.05) is 23.4 Å². The van der Waals surface area contributed by atoms with Crippen LogP contribution >= 0.6 is 0 Å². The monoisotopic (exact) mass is 333 g/mol. The highest BCUT2D eigenvalue weighted by Gasteiger charge is 2.26. The van der Waals surface area contributed by atoms with E-state index in [1.807, 2.05) is 36.4 Å². The molecule has 0 atom stereocenters. The fraction of sp³-hybridized carbons (Fsp3) is 0.105. The van der Waals surface area contributed by atoms with E-state index < -0.39 is 6.09 Å². The number of benzene rings is 2. The zero-order valence-electron chi connectivity index (χ0n) is 13.3. The van der Waals surface area contributed by atoms with Crippen molar-refractivity contribution in [3.8, 4) is 0 Å². The van der Waals surface area contributed by atoms with Gasteiger partial charge < -0.3 is 10.1 Å². The molecule has 2 amide bonds. The third-order valence-corrected chi connectivity index (χ3v) is 4.03. The van der Waals surface area contributed by atoms with E-state index >= 15 is 0 Å². The topological polar surface area (TPSA) is 71.5 Å². The Morgan fingerprint density at radius 1 is 1.04 bits per heavy atom. The Morgan fingerprint density at radius 2 is 1.84 bits per heavy atom. The molecule has 0 saturated carbocycles. The molecule has 2 aromatic carbocycles. The lowest BCUT2D eigenvalue weighted by Crippen LogP contribution is -2.25. The van der Waals surface area contributed by atoms with Crippen LogP contribution in [0.5, 0.6) is 0 Å². The van der Waals surface area contributed by atoms with Crippen LogP contribution in [-0.4, -0.2) is 30.1 Å². The number of nitrogens with zero attached hydrogens (tertiary/aromatic N) is 2. The number of ether oxygens (including phenoxy) is 1. The van der Waals surface area contributed by atoms with Gasteiger partial charge in [0.15, 0.2) is 0 Å². The molecule has 1 fully saturated rings. The first-order chi connectivity index (χ1) is 12.2. The van der Waals surface area contributed by atoms with Gasteiger partial charge >= 0.3 is 6.09 Å². The van der Waals surface area contributed by atoms with E-state index in [4.69, 9.17) is 4.74 Å². The molecule has 25 heavy (non-hydrogen) atoms. The molecule has 2 heterocycles. The molecule has 4 rings (SSSR count). The Labute approximate surface area is 144 Å². The van der Waals surface area contributed by atoms with Crippen LogP contribution in [0.25, 0.3) is 10.9 Å². The quantitative estimate of drug-likeness (QED) is 0.797. The van der Waals surface area contributed by atoms with Crippen LogP contribution in [0.15, 0.2) is 60.7 Å². The summed E-state index contributed by atoms with van der Waals surface area (Å²) >= 11 is 0. The molecule has 1 aliphatic rings. The minimum atomic E-state index is -0.412. The third kappa shape index (κ3) is 2.89. The number of pyridine rings is 1. The zero-order chi connectivity index (χ0) is 17.2. The van der Waals surface area contributed by atoms with E-state index in [2.05, 4.69) is 10.3 Å². The molecule has 6 nitrogen and oxygen atoms in total. The molecule has 0 aliphatic carbocycles. The van der Waals surface area contributed by atoms with E-state index in [1.54, 1.807) is 24.3 Å². The van der Waals surface area contributed by atoms with Gasteiger partial charge in [-0.3, -0.25) is 9.69 Å². The molecule has 0 unspecified atom stereocenters. The van der Waals surface area contributed by atoms with Crippen LogP contribution in [0.3, 0.4) is 0 Å². The molecule has 0 radical (unpaired) electrons. The van der Waals surface area contributed by atoms with Gasteiger partial charge in [0, 0.05) is 5.39 Å². The van der Waals surface area contributed by atoms with Gasteiger partial charge in [0.1, 0.15) is 12.3 Å². The summed E-state index contributed by atoms with van der Waals surface area (Å²) < 4.78 is 4.97. The average molecular weight is 333 g/mol. The second kappa shape index (κ2) is 6.24.